The summed E-state index contributed by atoms with van der Waals surface area (Å²) in [5, 5.41) is 9.62. The van der Waals surface area contributed by atoms with Crippen LogP contribution in [0.1, 0.15) is 29.0 Å². The Morgan fingerprint density at radius 3 is 3.10 bits per heavy atom. The van der Waals surface area contributed by atoms with Gasteiger partial charge in [-0.25, -0.2) is 4.39 Å². The standard InChI is InChI=1S/C16H18FNO3/c1-10-13-8-12(17)2-3-14(13)21-15(10)16(20)18-6-4-11(9-18)5-7-19/h2-3,8,11,19H,4-7,9H2,1H3. The molecule has 21 heavy (non-hydrogen) atoms. The van der Waals surface area contributed by atoms with Gasteiger partial charge in [-0.15, -0.1) is 0 Å². The van der Waals surface area contributed by atoms with Gasteiger partial charge in [0.1, 0.15) is 11.4 Å². The Kier molecular flexibility index (Phi) is 3.68. The van der Waals surface area contributed by atoms with E-state index in [-0.39, 0.29) is 18.3 Å². The summed E-state index contributed by atoms with van der Waals surface area (Å²) in [6, 6.07) is 4.27. The van der Waals surface area contributed by atoms with Gasteiger partial charge in [-0.2, -0.15) is 0 Å². The molecule has 0 radical (unpaired) electrons. The Balaban J connectivity index is 1.87. The molecule has 2 heterocycles. The van der Waals surface area contributed by atoms with Crippen molar-refractivity contribution >= 4 is 16.9 Å². The number of nitrogens with zero attached hydrogens (tertiary/aromatic N) is 1. The molecule has 112 valence electrons. The second kappa shape index (κ2) is 5.48. The van der Waals surface area contributed by atoms with Crippen molar-refractivity contribution in [3.8, 4) is 0 Å². The minimum atomic E-state index is -0.338. The molecule has 1 aliphatic heterocycles. The molecule has 1 aliphatic rings. The molecule has 1 amide bonds. The van der Waals surface area contributed by atoms with Gasteiger partial charge in [-0.1, -0.05) is 0 Å². The van der Waals surface area contributed by atoms with E-state index >= 15 is 0 Å². The van der Waals surface area contributed by atoms with E-state index in [2.05, 4.69) is 0 Å². The van der Waals surface area contributed by atoms with Crippen LogP contribution in [0, 0.1) is 18.7 Å². The summed E-state index contributed by atoms with van der Waals surface area (Å²) in [6.07, 6.45) is 1.62. The number of carbonyl (C=O) groups is 1. The van der Waals surface area contributed by atoms with Crippen LogP contribution in [0.4, 0.5) is 4.39 Å². The Morgan fingerprint density at radius 1 is 1.52 bits per heavy atom. The predicted octanol–water partition coefficient (Wildman–Crippen LogP) is 2.72. The number of halogens is 1. The maximum atomic E-state index is 13.3. The Hall–Kier alpha value is -1.88. The highest BCUT2D eigenvalue weighted by Crippen LogP contribution is 2.29. The van der Waals surface area contributed by atoms with E-state index in [0.717, 1.165) is 6.42 Å². The SMILES string of the molecule is Cc1c(C(=O)N2CCC(CCO)C2)oc2ccc(F)cc12. The molecule has 2 aromatic rings. The van der Waals surface area contributed by atoms with Crippen LogP contribution in [0.2, 0.25) is 0 Å². The first-order chi connectivity index (χ1) is 10.1. The van der Waals surface area contributed by atoms with Crippen molar-refractivity contribution in [2.75, 3.05) is 19.7 Å². The lowest BCUT2D eigenvalue weighted by Gasteiger charge is -2.15. The molecule has 1 aromatic heterocycles. The molecule has 5 heteroatoms. The number of amides is 1. The van der Waals surface area contributed by atoms with Crippen molar-refractivity contribution in [1.82, 2.24) is 4.90 Å². The number of furan rings is 1. The lowest BCUT2D eigenvalue weighted by Crippen LogP contribution is -2.29. The van der Waals surface area contributed by atoms with Gasteiger partial charge in [-0.3, -0.25) is 4.79 Å². The molecule has 1 fully saturated rings. The van der Waals surface area contributed by atoms with Crippen molar-refractivity contribution in [3.05, 3.63) is 35.3 Å². The molecule has 0 spiro atoms. The van der Waals surface area contributed by atoms with Crippen molar-refractivity contribution in [2.24, 2.45) is 5.92 Å². The second-order valence-corrected chi connectivity index (χ2v) is 5.61. The predicted molar refractivity (Wildman–Crippen MR) is 76.6 cm³/mol. The average Bonchev–Trinajstić information content (AvgIpc) is 3.05. The van der Waals surface area contributed by atoms with Gasteiger partial charge >= 0.3 is 0 Å². The zero-order chi connectivity index (χ0) is 15.0. The summed E-state index contributed by atoms with van der Waals surface area (Å²) < 4.78 is 18.9. The van der Waals surface area contributed by atoms with Gasteiger partial charge in [0, 0.05) is 30.6 Å². The zero-order valence-corrected chi connectivity index (χ0v) is 11.9. The number of fused-ring (bicyclic) bond motifs is 1. The summed E-state index contributed by atoms with van der Waals surface area (Å²) in [6.45, 7) is 3.24. The Morgan fingerprint density at radius 2 is 2.33 bits per heavy atom. The third kappa shape index (κ3) is 2.53. The topological polar surface area (TPSA) is 53.7 Å². The normalized spacial score (nSPS) is 18.6. The highest BCUT2D eigenvalue weighted by Gasteiger charge is 2.29. The maximum absolute atomic E-state index is 13.3. The van der Waals surface area contributed by atoms with Crippen molar-refractivity contribution in [3.63, 3.8) is 0 Å². The quantitative estimate of drug-likeness (QED) is 0.946. The lowest BCUT2D eigenvalue weighted by atomic mass is 10.1. The fourth-order valence-electron chi connectivity index (χ4n) is 2.98. The number of hydrogen-bond donors (Lipinski definition) is 1. The smallest absolute Gasteiger partial charge is 0.289 e. The summed E-state index contributed by atoms with van der Waals surface area (Å²) in [5.74, 6) is 0.153. The fraction of sp³-hybridized carbons (Fsp3) is 0.438. The summed E-state index contributed by atoms with van der Waals surface area (Å²) in [7, 11) is 0. The molecule has 1 N–H and O–H groups in total. The maximum Gasteiger partial charge on any atom is 0.289 e. The van der Waals surface area contributed by atoms with Crippen LogP contribution >= 0.6 is 0 Å². The third-order valence-electron chi connectivity index (χ3n) is 4.20. The van der Waals surface area contributed by atoms with Gasteiger partial charge < -0.3 is 14.4 Å². The largest absolute Gasteiger partial charge is 0.451 e. The van der Waals surface area contributed by atoms with Crippen molar-refractivity contribution < 1.29 is 18.7 Å². The first-order valence-electron chi connectivity index (χ1n) is 7.19. The van der Waals surface area contributed by atoms with Gasteiger partial charge in [-0.05, 0) is 43.9 Å². The van der Waals surface area contributed by atoms with E-state index in [4.69, 9.17) is 9.52 Å². The molecule has 1 unspecified atom stereocenters. The molecular weight excluding hydrogens is 273 g/mol. The Labute approximate surface area is 122 Å². The van der Waals surface area contributed by atoms with Crippen LogP contribution in [-0.2, 0) is 0 Å². The van der Waals surface area contributed by atoms with E-state index in [1.807, 2.05) is 0 Å². The van der Waals surface area contributed by atoms with E-state index in [0.29, 0.717) is 47.7 Å². The van der Waals surface area contributed by atoms with Gasteiger partial charge in [0.2, 0.25) is 0 Å². The monoisotopic (exact) mass is 291 g/mol. The van der Waals surface area contributed by atoms with E-state index in [1.54, 1.807) is 17.9 Å². The number of aliphatic hydroxyl groups excluding tert-OH is 1. The van der Waals surface area contributed by atoms with Gasteiger partial charge in [0.15, 0.2) is 5.76 Å². The number of hydrogen-bond acceptors (Lipinski definition) is 3. The van der Waals surface area contributed by atoms with Gasteiger partial charge in [0.05, 0.1) is 0 Å². The first kappa shape index (κ1) is 14.1. The fourth-order valence-corrected chi connectivity index (χ4v) is 2.98. The minimum Gasteiger partial charge on any atom is -0.451 e. The van der Waals surface area contributed by atoms with Crippen LogP contribution in [0.5, 0.6) is 0 Å². The molecule has 0 bridgehead atoms. The molecule has 3 rings (SSSR count). The lowest BCUT2D eigenvalue weighted by molar-refractivity contribution is 0.0754. The first-order valence-corrected chi connectivity index (χ1v) is 7.19. The van der Waals surface area contributed by atoms with Crippen LogP contribution < -0.4 is 0 Å². The molecule has 0 saturated carbocycles. The second-order valence-electron chi connectivity index (χ2n) is 5.61. The van der Waals surface area contributed by atoms with Crippen LogP contribution in [0.15, 0.2) is 22.6 Å². The molecule has 1 atom stereocenters. The highest BCUT2D eigenvalue weighted by molar-refractivity contribution is 5.99. The Bertz CT molecular complexity index is 679. The number of aliphatic hydroxyl groups is 1. The minimum absolute atomic E-state index is 0.148. The summed E-state index contributed by atoms with van der Waals surface area (Å²) >= 11 is 0. The number of benzene rings is 1. The van der Waals surface area contributed by atoms with Gasteiger partial charge in [0.25, 0.3) is 5.91 Å². The van der Waals surface area contributed by atoms with E-state index in [9.17, 15) is 9.18 Å². The van der Waals surface area contributed by atoms with E-state index in [1.165, 1.54) is 12.1 Å². The average molecular weight is 291 g/mol. The van der Waals surface area contributed by atoms with Crippen molar-refractivity contribution in [2.45, 2.75) is 19.8 Å². The number of carbonyl (C=O) groups excluding carboxylic acids is 1. The van der Waals surface area contributed by atoms with Crippen molar-refractivity contribution in [1.29, 1.82) is 0 Å². The number of likely N-dealkylation sites (tertiary alicyclic amines) is 1. The summed E-state index contributed by atoms with van der Waals surface area (Å²) in [5.41, 5.74) is 1.21. The molecule has 1 saturated heterocycles. The van der Waals surface area contributed by atoms with Crippen LogP contribution in [0.25, 0.3) is 11.0 Å². The third-order valence-corrected chi connectivity index (χ3v) is 4.20. The molecule has 4 nitrogen and oxygen atoms in total. The molecule has 0 aliphatic carbocycles. The van der Waals surface area contributed by atoms with E-state index < -0.39 is 0 Å². The zero-order valence-electron chi connectivity index (χ0n) is 11.9. The highest BCUT2D eigenvalue weighted by atomic mass is 19.1. The molecular formula is C16H18FNO3. The van der Waals surface area contributed by atoms with Crippen LogP contribution in [0.3, 0.4) is 0 Å². The van der Waals surface area contributed by atoms with Crippen LogP contribution in [-0.4, -0.2) is 35.6 Å². The molecule has 1 aromatic carbocycles. The number of aryl methyl sites for hydroxylation is 1. The number of rotatable bonds is 3. The summed E-state index contributed by atoms with van der Waals surface area (Å²) in [4.78, 5) is 14.3.